The standard InChI is InChI=1S/C18H22N6OS/c1-2-8-19-17(25)12-6-7-14-13(11-12)20-16(24-9-4-3-5-10-24)15-18(26-14)22-23-21-15/h6-7,11H,2-5,8-10H2,1H3,(H,19,25)(H,21,22,23). The maximum Gasteiger partial charge on any atom is 0.251 e. The number of nitrogens with one attached hydrogen (secondary N) is 2. The summed E-state index contributed by atoms with van der Waals surface area (Å²) in [4.78, 5) is 20.5. The Balaban J connectivity index is 1.73. The summed E-state index contributed by atoms with van der Waals surface area (Å²) in [6.45, 7) is 4.66. The van der Waals surface area contributed by atoms with Crippen LogP contribution in [-0.2, 0) is 0 Å². The predicted octanol–water partition coefficient (Wildman–Crippen LogP) is 2.97. The number of aromatic amines is 1. The molecule has 0 saturated carbocycles. The number of piperidine rings is 1. The number of likely N-dealkylation sites (tertiary alicyclic amines) is 1. The molecule has 0 atom stereocenters. The van der Waals surface area contributed by atoms with E-state index in [-0.39, 0.29) is 5.91 Å². The van der Waals surface area contributed by atoms with Crippen LogP contribution >= 0.6 is 11.8 Å². The summed E-state index contributed by atoms with van der Waals surface area (Å²) >= 11 is 1.54. The van der Waals surface area contributed by atoms with Gasteiger partial charge in [-0.05, 0) is 43.9 Å². The van der Waals surface area contributed by atoms with Crippen molar-refractivity contribution >= 4 is 29.2 Å². The maximum absolute atomic E-state index is 12.3. The van der Waals surface area contributed by atoms with Crippen molar-refractivity contribution in [3.63, 3.8) is 0 Å². The van der Waals surface area contributed by atoms with E-state index in [1.54, 1.807) is 0 Å². The van der Waals surface area contributed by atoms with E-state index >= 15 is 0 Å². The molecule has 3 heterocycles. The highest BCUT2D eigenvalue weighted by Gasteiger charge is 2.27. The lowest BCUT2D eigenvalue weighted by molar-refractivity contribution is 0.0953. The van der Waals surface area contributed by atoms with Crippen LogP contribution in [0, 0.1) is 0 Å². The molecule has 1 saturated heterocycles. The van der Waals surface area contributed by atoms with Crippen molar-refractivity contribution in [2.45, 2.75) is 42.5 Å². The molecule has 8 heteroatoms. The number of hydrogen-bond acceptors (Lipinski definition) is 6. The van der Waals surface area contributed by atoms with E-state index in [1.807, 2.05) is 25.1 Å². The number of carbonyl (C=O) groups excluding carboxylic acids is 1. The van der Waals surface area contributed by atoms with E-state index < -0.39 is 0 Å². The summed E-state index contributed by atoms with van der Waals surface area (Å²) in [6.07, 6.45) is 4.48. The molecule has 1 aromatic carbocycles. The first kappa shape index (κ1) is 17.1. The summed E-state index contributed by atoms with van der Waals surface area (Å²) < 4.78 is 0. The molecular weight excluding hydrogens is 348 g/mol. The molecule has 0 unspecified atom stereocenters. The summed E-state index contributed by atoms with van der Waals surface area (Å²) in [5.41, 5.74) is 2.23. The van der Waals surface area contributed by atoms with Crippen molar-refractivity contribution < 1.29 is 4.79 Å². The number of carbonyl (C=O) groups is 1. The second-order valence-electron chi connectivity index (χ2n) is 6.50. The largest absolute Gasteiger partial charge is 0.355 e. The molecule has 0 bridgehead atoms. The van der Waals surface area contributed by atoms with E-state index in [1.165, 1.54) is 18.2 Å². The second kappa shape index (κ2) is 7.49. The Morgan fingerprint density at radius 1 is 1.27 bits per heavy atom. The molecule has 1 aromatic heterocycles. The zero-order chi connectivity index (χ0) is 17.9. The normalized spacial score (nSPS) is 16.3. The second-order valence-corrected chi connectivity index (χ2v) is 7.53. The third-order valence-electron chi connectivity index (χ3n) is 4.57. The molecule has 2 aliphatic heterocycles. The van der Waals surface area contributed by atoms with Crippen LogP contribution in [0.2, 0.25) is 0 Å². The fraction of sp³-hybridized carbons (Fsp3) is 0.444. The summed E-state index contributed by atoms with van der Waals surface area (Å²) in [5, 5.41) is 15.1. The molecule has 2 aromatic rings. The van der Waals surface area contributed by atoms with Crippen molar-refractivity contribution in [3.8, 4) is 0 Å². The quantitative estimate of drug-likeness (QED) is 0.867. The molecular formula is C18H22N6OS. The predicted molar refractivity (Wildman–Crippen MR) is 101 cm³/mol. The minimum absolute atomic E-state index is 0.0600. The lowest BCUT2D eigenvalue weighted by atomic mass is 10.1. The first-order valence-electron chi connectivity index (χ1n) is 9.11. The number of hydrogen-bond donors (Lipinski definition) is 2. The highest BCUT2D eigenvalue weighted by atomic mass is 32.2. The minimum atomic E-state index is -0.0600. The van der Waals surface area contributed by atoms with E-state index in [0.29, 0.717) is 12.1 Å². The summed E-state index contributed by atoms with van der Waals surface area (Å²) in [7, 11) is 0. The van der Waals surface area contributed by atoms with Crippen molar-refractivity contribution in [1.29, 1.82) is 0 Å². The number of benzene rings is 1. The van der Waals surface area contributed by atoms with Crippen molar-refractivity contribution in [2.75, 3.05) is 19.6 Å². The van der Waals surface area contributed by atoms with E-state index in [4.69, 9.17) is 4.99 Å². The first-order valence-corrected chi connectivity index (χ1v) is 9.93. The first-order chi connectivity index (χ1) is 12.8. The number of H-pyrrole nitrogens is 1. The van der Waals surface area contributed by atoms with Gasteiger partial charge in [-0.2, -0.15) is 10.3 Å². The number of amides is 1. The SMILES string of the molecule is CCCNC(=O)c1ccc2c(c1)N=C(N1CCCCC1)c1n[nH]nc1S2. The Morgan fingerprint density at radius 2 is 2.12 bits per heavy atom. The topological polar surface area (TPSA) is 86.3 Å². The summed E-state index contributed by atoms with van der Waals surface area (Å²) in [6, 6.07) is 5.66. The Bertz CT molecular complexity index is 840. The molecule has 136 valence electrons. The summed E-state index contributed by atoms with van der Waals surface area (Å²) in [5.74, 6) is 0.793. The van der Waals surface area contributed by atoms with Gasteiger partial charge < -0.3 is 10.2 Å². The Kier molecular flexibility index (Phi) is 4.92. The maximum atomic E-state index is 12.3. The van der Waals surface area contributed by atoms with Crippen LogP contribution in [0.15, 0.2) is 33.1 Å². The fourth-order valence-electron chi connectivity index (χ4n) is 3.21. The van der Waals surface area contributed by atoms with E-state index in [0.717, 1.165) is 59.5 Å². The van der Waals surface area contributed by atoms with Gasteiger partial charge in [0, 0.05) is 30.1 Å². The van der Waals surface area contributed by atoms with Gasteiger partial charge in [0.05, 0.1) is 5.69 Å². The molecule has 7 nitrogen and oxygen atoms in total. The number of amidine groups is 1. The monoisotopic (exact) mass is 370 g/mol. The van der Waals surface area contributed by atoms with Gasteiger partial charge in [-0.1, -0.05) is 18.7 Å². The molecule has 4 rings (SSSR count). The molecule has 0 aliphatic carbocycles. The van der Waals surface area contributed by atoms with Crippen LogP contribution in [0.4, 0.5) is 5.69 Å². The van der Waals surface area contributed by atoms with Gasteiger partial charge in [0.1, 0.15) is 0 Å². The van der Waals surface area contributed by atoms with Crippen LogP contribution < -0.4 is 5.32 Å². The Morgan fingerprint density at radius 3 is 2.92 bits per heavy atom. The zero-order valence-corrected chi connectivity index (χ0v) is 15.6. The van der Waals surface area contributed by atoms with E-state index in [9.17, 15) is 4.79 Å². The van der Waals surface area contributed by atoms with Crippen molar-refractivity contribution in [3.05, 3.63) is 29.5 Å². The highest BCUT2D eigenvalue weighted by molar-refractivity contribution is 7.99. The number of nitrogens with zero attached hydrogens (tertiary/aromatic N) is 4. The Hall–Kier alpha value is -2.35. The van der Waals surface area contributed by atoms with Crippen LogP contribution in [-0.4, -0.2) is 51.7 Å². The lowest BCUT2D eigenvalue weighted by Gasteiger charge is -2.28. The molecule has 0 radical (unpaired) electrons. The van der Waals surface area contributed by atoms with Gasteiger partial charge in [-0.15, -0.1) is 5.10 Å². The number of fused-ring (bicyclic) bond motifs is 2. The van der Waals surface area contributed by atoms with E-state index in [2.05, 4.69) is 25.6 Å². The molecule has 1 amide bonds. The minimum Gasteiger partial charge on any atom is -0.355 e. The van der Waals surface area contributed by atoms with Crippen LogP contribution in [0.5, 0.6) is 0 Å². The van der Waals surface area contributed by atoms with Gasteiger partial charge in [-0.25, -0.2) is 4.99 Å². The van der Waals surface area contributed by atoms with Crippen LogP contribution in [0.3, 0.4) is 0 Å². The zero-order valence-electron chi connectivity index (χ0n) is 14.8. The lowest BCUT2D eigenvalue weighted by Crippen LogP contribution is -2.36. The van der Waals surface area contributed by atoms with Gasteiger partial charge in [0.15, 0.2) is 16.6 Å². The molecule has 0 spiro atoms. The Labute approximate surface area is 156 Å². The van der Waals surface area contributed by atoms with Gasteiger partial charge in [0.2, 0.25) is 0 Å². The molecule has 2 N–H and O–H groups in total. The van der Waals surface area contributed by atoms with Crippen LogP contribution in [0.1, 0.15) is 48.7 Å². The number of aromatic nitrogens is 3. The smallest absolute Gasteiger partial charge is 0.251 e. The molecule has 26 heavy (non-hydrogen) atoms. The van der Waals surface area contributed by atoms with Crippen molar-refractivity contribution in [2.24, 2.45) is 4.99 Å². The number of aliphatic imine (C=N–C) groups is 1. The van der Waals surface area contributed by atoms with Crippen LogP contribution in [0.25, 0.3) is 0 Å². The van der Waals surface area contributed by atoms with Gasteiger partial charge in [0.25, 0.3) is 5.91 Å². The third-order valence-corrected chi connectivity index (χ3v) is 5.62. The molecule has 1 fully saturated rings. The third kappa shape index (κ3) is 3.33. The number of rotatable bonds is 3. The van der Waals surface area contributed by atoms with Crippen molar-refractivity contribution in [1.82, 2.24) is 25.6 Å². The average Bonchev–Trinajstić information content (AvgIpc) is 3.07. The van der Waals surface area contributed by atoms with Gasteiger partial charge in [-0.3, -0.25) is 4.79 Å². The average molecular weight is 370 g/mol. The highest BCUT2D eigenvalue weighted by Crippen LogP contribution is 2.39. The fourth-order valence-corrected chi connectivity index (χ4v) is 4.08. The molecule has 2 aliphatic rings. The van der Waals surface area contributed by atoms with Gasteiger partial charge >= 0.3 is 0 Å².